The van der Waals surface area contributed by atoms with Crippen molar-refractivity contribution < 1.29 is 4.79 Å². The van der Waals surface area contributed by atoms with Crippen LogP contribution in [0.4, 0.5) is 17.2 Å². The smallest absolute Gasteiger partial charge is 0.256 e. The summed E-state index contributed by atoms with van der Waals surface area (Å²) in [6.07, 6.45) is 4.18. The Labute approximate surface area is 180 Å². The van der Waals surface area contributed by atoms with Crippen LogP contribution >= 0.6 is 0 Å². The third-order valence-corrected chi connectivity index (χ3v) is 5.56. The lowest BCUT2D eigenvalue weighted by Crippen LogP contribution is -2.31. The minimum absolute atomic E-state index is 0.162. The molecule has 1 aliphatic heterocycles. The zero-order chi connectivity index (χ0) is 21.2. The fourth-order valence-corrected chi connectivity index (χ4v) is 3.90. The lowest BCUT2D eigenvalue weighted by atomic mass is 10.1. The molecule has 31 heavy (non-hydrogen) atoms. The van der Waals surface area contributed by atoms with Crippen molar-refractivity contribution in [2.24, 2.45) is 0 Å². The molecule has 2 aromatic heterocycles. The number of hydrogen-bond acceptors (Lipinski definition) is 5. The third kappa shape index (κ3) is 3.70. The highest BCUT2D eigenvalue weighted by Crippen LogP contribution is 2.34. The molecular weight excluding hydrogens is 388 g/mol. The van der Waals surface area contributed by atoms with Gasteiger partial charge in [0.15, 0.2) is 11.5 Å². The summed E-state index contributed by atoms with van der Waals surface area (Å²) >= 11 is 0. The van der Waals surface area contributed by atoms with E-state index in [9.17, 15) is 4.79 Å². The monoisotopic (exact) mass is 412 g/mol. The Morgan fingerprint density at radius 3 is 2.71 bits per heavy atom. The van der Waals surface area contributed by atoms with E-state index >= 15 is 0 Å². The number of para-hydroxylation sites is 1. The van der Waals surface area contributed by atoms with Gasteiger partial charge in [-0.1, -0.05) is 48.0 Å². The van der Waals surface area contributed by atoms with Crippen LogP contribution in [-0.2, 0) is 6.42 Å². The molecule has 1 aliphatic rings. The lowest BCUT2D eigenvalue weighted by molar-refractivity contribution is 0.0955. The number of carbonyl (C=O) groups is 1. The first-order valence-corrected chi connectivity index (χ1v) is 10.5. The van der Waals surface area contributed by atoms with Crippen molar-refractivity contribution in [1.29, 1.82) is 0 Å². The molecule has 0 bridgehead atoms. The van der Waals surface area contributed by atoms with Crippen LogP contribution in [0.2, 0.25) is 0 Å². The SMILES string of the molecule is Cc1ccc(CCNC(=O)c2cnn3c4c(cnc23)N(c2ccccc2)CCN4)cc1. The molecule has 4 aromatic rings. The highest BCUT2D eigenvalue weighted by Gasteiger charge is 2.24. The van der Waals surface area contributed by atoms with Crippen molar-refractivity contribution in [2.45, 2.75) is 13.3 Å². The zero-order valence-corrected chi connectivity index (χ0v) is 17.4. The Morgan fingerprint density at radius 1 is 1.10 bits per heavy atom. The Bertz CT molecular complexity index is 1220. The molecule has 0 radical (unpaired) electrons. The second kappa shape index (κ2) is 8.10. The zero-order valence-electron chi connectivity index (χ0n) is 17.4. The van der Waals surface area contributed by atoms with Gasteiger partial charge in [-0.25, -0.2) is 4.98 Å². The predicted octanol–water partition coefficient (Wildman–Crippen LogP) is 3.57. The summed E-state index contributed by atoms with van der Waals surface area (Å²) in [6.45, 7) is 4.23. The van der Waals surface area contributed by atoms with E-state index in [0.29, 0.717) is 17.8 Å². The number of aromatic nitrogens is 3. The van der Waals surface area contributed by atoms with E-state index in [-0.39, 0.29) is 5.91 Å². The number of hydrogen-bond donors (Lipinski definition) is 2. The second-order valence-electron chi connectivity index (χ2n) is 7.69. The summed E-state index contributed by atoms with van der Waals surface area (Å²) in [5, 5.41) is 10.9. The minimum atomic E-state index is -0.162. The van der Waals surface area contributed by atoms with E-state index < -0.39 is 0 Å². The number of anilines is 3. The summed E-state index contributed by atoms with van der Waals surface area (Å²) in [7, 11) is 0. The van der Waals surface area contributed by atoms with Crippen LogP contribution in [-0.4, -0.2) is 40.1 Å². The molecule has 0 aliphatic carbocycles. The fourth-order valence-electron chi connectivity index (χ4n) is 3.90. The minimum Gasteiger partial charge on any atom is -0.366 e. The molecule has 3 heterocycles. The molecule has 0 spiro atoms. The second-order valence-corrected chi connectivity index (χ2v) is 7.69. The van der Waals surface area contributed by atoms with Crippen molar-refractivity contribution >= 4 is 28.7 Å². The van der Waals surface area contributed by atoms with Crippen LogP contribution in [0.15, 0.2) is 67.0 Å². The molecule has 0 fully saturated rings. The van der Waals surface area contributed by atoms with E-state index in [4.69, 9.17) is 0 Å². The van der Waals surface area contributed by atoms with Gasteiger partial charge >= 0.3 is 0 Å². The van der Waals surface area contributed by atoms with Crippen molar-refractivity contribution in [2.75, 3.05) is 29.9 Å². The molecule has 0 atom stereocenters. The van der Waals surface area contributed by atoms with Gasteiger partial charge in [-0.3, -0.25) is 4.79 Å². The summed E-state index contributed by atoms with van der Waals surface area (Å²) in [6, 6.07) is 18.6. The first-order valence-electron chi connectivity index (χ1n) is 10.5. The van der Waals surface area contributed by atoms with Gasteiger partial charge in [0.1, 0.15) is 11.3 Å². The maximum Gasteiger partial charge on any atom is 0.256 e. The average molecular weight is 412 g/mol. The van der Waals surface area contributed by atoms with Crippen LogP contribution in [0, 0.1) is 6.92 Å². The predicted molar refractivity (Wildman–Crippen MR) is 122 cm³/mol. The number of carbonyl (C=O) groups excluding carboxylic acids is 1. The quantitative estimate of drug-likeness (QED) is 0.524. The Kier molecular flexibility index (Phi) is 5.00. The molecule has 0 saturated heterocycles. The van der Waals surface area contributed by atoms with Crippen molar-refractivity contribution in [3.63, 3.8) is 0 Å². The Balaban J connectivity index is 1.36. The van der Waals surface area contributed by atoms with Gasteiger partial charge in [0, 0.05) is 25.3 Å². The number of rotatable bonds is 5. The molecule has 2 N–H and O–H groups in total. The molecule has 7 heteroatoms. The summed E-state index contributed by atoms with van der Waals surface area (Å²) in [5.74, 6) is 0.684. The number of fused-ring (bicyclic) bond motifs is 3. The topological polar surface area (TPSA) is 74.6 Å². The van der Waals surface area contributed by atoms with Crippen LogP contribution in [0.1, 0.15) is 21.5 Å². The molecule has 5 rings (SSSR count). The molecular formula is C24H24N6O. The van der Waals surface area contributed by atoms with Crippen LogP contribution < -0.4 is 15.5 Å². The van der Waals surface area contributed by atoms with E-state index in [1.807, 2.05) is 24.4 Å². The van der Waals surface area contributed by atoms with Crippen LogP contribution in [0.3, 0.4) is 0 Å². The number of nitrogens with zero attached hydrogens (tertiary/aromatic N) is 4. The maximum atomic E-state index is 12.8. The lowest BCUT2D eigenvalue weighted by Gasteiger charge is -2.31. The number of nitrogens with one attached hydrogen (secondary N) is 2. The molecule has 156 valence electrons. The number of amides is 1. The summed E-state index contributed by atoms with van der Waals surface area (Å²) in [4.78, 5) is 19.6. The molecule has 0 unspecified atom stereocenters. The van der Waals surface area contributed by atoms with Gasteiger partial charge in [-0.15, -0.1) is 0 Å². The van der Waals surface area contributed by atoms with E-state index in [1.54, 1.807) is 10.7 Å². The first-order chi connectivity index (χ1) is 15.2. The summed E-state index contributed by atoms with van der Waals surface area (Å²) < 4.78 is 1.72. The van der Waals surface area contributed by atoms with Gasteiger partial charge < -0.3 is 15.5 Å². The number of aryl methyl sites for hydroxylation is 1. The Morgan fingerprint density at radius 2 is 1.90 bits per heavy atom. The van der Waals surface area contributed by atoms with Gasteiger partial charge in [0.2, 0.25) is 0 Å². The highest BCUT2D eigenvalue weighted by atomic mass is 16.1. The maximum absolute atomic E-state index is 12.8. The first kappa shape index (κ1) is 19.1. The largest absolute Gasteiger partial charge is 0.366 e. The van der Waals surface area contributed by atoms with E-state index in [1.165, 1.54) is 11.1 Å². The molecule has 0 saturated carbocycles. The third-order valence-electron chi connectivity index (χ3n) is 5.56. The summed E-state index contributed by atoms with van der Waals surface area (Å²) in [5.41, 5.74) is 5.50. The Hall–Kier alpha value is -3.87. The van der Waals surface area contributed by atoms with Crippen LogP contribution in [0.25, 0.3) is 5.65 Å². The van der Waals surface area contributed by atoms with Gasteiger partial charge in [-0.05, 0) is 31.0 Å². The fraction of sp³-hybridized carbons (Fsp3) is 0.208. The van der Waals surface area contributed by atoms with Gasteiger partial charge in [-0.2, -0.15) is 9.61 Å². The van der Waals surface area contributed by atoms with E-state index in [0.717, 1.165) is 36.7 Å². The highest BCUT2D eigenvalue weighted by molar-refractivity contribution is 6.00. The van der Waals surface area contributed by atoms with Gasteiger partial charge in [0.25, 0.3) is 5.91 Å². The van der Waals surface area contributed by atoms with Crippen LogP contribution in [0.5, 0.6) is 0 Å². The normalized spacial score (nSPS) is 13.0. The molecule has 7 nitrogen and oxygen atoms in total. The molecule has 2 aromatic carbocycles. The van der Waals surface area contributed by atoms with Crippen molar-refractivity contribution in [3.05, 3.63) is 83.7 Å². The van der Waals surface area contributed by atoms with Crippen molar-refractivity contribution in [3.8, 4) is 0 Å². The molecule has 1 amide bonds. The van der Waals surface area contributed by atoms with E-state index in [2.05, 4.69) is 68.9 Å². The average Bonchev–Trinajstić information content (AvgIpc) is 3.25. The van der Waals surface area contributed by atoms with Gasteiger partial charge in [0.05, 0.1) is 12.4 Å². The standard InChI is InChI=1S/C24H24N6O/c1-17-7-9-18(10-8-17)11-12-26-24(31)20-15-28-30-22(20)27-16-21-23(30)25-13-14-29(21)19-5-3-2-4-6-19/h2-10,15-16,25H,11-14H2,1H3,(H,26,31). The number of benzene rings is 2. The van der Waals surface area contributed by atoms with Crippen molar-refractivity contribution in [1.82, 2.24) is 19.9 Å².